The van der Waals surface area contributed by atoms with Crippen molar-refractivity contribution in [1.82, 2.24) is 19.4 Å². The Bertz CT molecular complexity index is 1780. The number of alkyl halides is 3. The Kier molecular flexibility index (Phi) is 9.43. The van der Waals surface area contributed by atoms with Crippen LogP contribution in [0.2, 0.25) is 0 Å². The maximum atomic E-state index is 16.0. The van der Waals surface area contributed by atoms with E-state index in [9.17, 15) is 13.2 Å². The first-order valence-electron chi connectivity index (χ1n) is 16.7. The number of anilines is 1. The molecule has 47 heavy (non-hydrogen) atoms. The zero-order valence-corrected chi connectivity index (χ0v) is 27.8. The van der Waals surface area contributed by atoms with E-state index in [0.29, 0.717) is 80.6 Å². The zero-order valence-electron chi connectivity index (χ0n) is 27.0. The van der Waals surface area contributed by atoms with Crippen molar-refractivity contribution >= 4 is 26.7 Å². The van der Waals surface area contributed by atoms with Crippen molar-refractivity contribution in [3.63, 3.8) is 0 Å². The number of hydrogen-bond acceptors (Lipinski definition) is 7. The molecule has 1 aromatic carbocycles. The van der Waals surface area contributed by atoms with Crippen molar-refractivity contribution < 1.29 is 26.0 Å². The highest BCUT2D eigenvalue weighted by Gasteiger charge is 2.45. The molecule has 1 unspecified atom stereocenters. The van der Waals surface area contributed by atoms with Gasteiger partial charge < -0.3 is 10.2 Å². The Hall–Kier alpha value is -3.06. The van der Waals surface area contributed by atoms with Crippen molar-refractivity contribution in [3.8, 4) is 0 Å². The first-order chi connectivity index (χ1) is 22.3. The summed E-state index contributed by atoms with van der Waals surface area (Å²) in [5.74, 6) is -5.46. The molecule has 0 saturated carbocycles. The smallest absolute Gasteiger partial charge is 0.278 e. The number of pyridine rings is 1. The number of fused-ring (bicyclic) bond motifs is 9. The van der Waals surface area contributed by atoms with Crippen molar-refractivity contribution in [3.05, 3.63) is 63.5 Å². The lowest BCUT2D eigenvalue weighted by atomic mass is 9.84. The summed E-state index contributed by atoms with van der Waals surface area (Å²) in [6.07, 6.45) is 4.34. The minimum atomic E-state index is -3.41. The van der Waals surface area contributed by atoms with E-state index in [1.807, 2.05) is 4.90 Å². The molecule has 8 nitrogen and oxygen atoms in total. The van der Waals surface area contributed by atoms with E-state index in [4.69, 9.17) is 0 Å². The van der Waals surface area contributed by atoms with Gasteiger partial charge in [-0.2, -0.15) is 0 Å². The standard InChI is InChI=1S/C34H43F4N5O3S/c1-22-25-7-6-8-28(29(25)35)34(37,38)24-9-15-42(16-10-24)20-33(2,36)13-4-3-5-14-43-31-27(30(41-22)39-21-40-31)19-26(32(43)44)23-11-17-47(45,46)18-12-23/h6-8,19,21-24H,3-5,9-18,20H2,1-2H3,(H,39,40,41)/t22-,33?/m1/s1. The third kappa shape index (κ3) is 7.06. The second kappa shape index (κ2) is 13.1. The molecule has 256 valence electrons. The predicted molar refractivity (Wildman–Crippen MR) is 174 cm³/mol. The van der Waals surface area contributed by atoms with Gasteiger partial charge in [0.2, 0.25) is 0 Å². The van der Waals surface area contributed by atoms with Gasteiger partial charge in [0.1, 0.15) is 39.1 Å². The predicted octanol–water partition coefficient (Wildman–Crippen LogP) is 6.50. The summed E-state index contributed by atoms with van der Waals surface area (Å²) >= 11 is 0. The van der Waals surface area contributed by atoms with E-state index in [-0.39, 0.29) is 47.9 Å². The molecule has 0 spiro atoms. The van der Waals surface area contributed by atoms with Gasteiger partial charge in [-0.05, 0) is 77.4 Å². The minimum Gasteiger partial charge on any atom is -0.363 e. The van der Waals surface area contributed by atoms with Gasteiger partial charge in [0.15, 0.2) is 0 Å². The Morgan fingerprint density at radius 3 is 2.40 bits per heavy atom. The van der Waals surface area contributed by atoms with Crippen LogP contribution in [-0.2, 0) is 22.3 Å². The number of halogens is 4. The fourth-order valence-corrected chi connectivity index (χ4v) is 9.09. The molecule has 4 aliphatic heterocycles. The monoisotopic (exact) mass is 677 g/mol. The van der Waals surface area contributed by atoms with Gasteiger partial charge in [0.25, 0.3) is 11.5 Å². The summed E-state index contributed by atoms with van der Waals surface area (Å²) in [7, 11) is -3.17. The van der Waals surface area contributed by atoms with E-state index in [0.717, 1.165) is 6.07 Å². The molecule has 3 aromatic rings. The Morgan fingerprint density at radius 2 is 1.68 bits per heavy atom. The molecular weight excluding hydrogens is 634 g/mol. The van der Waals surface area contributed by atoms with Gasteiger partial charge in [0.05, 0.1) is 28.5 Å². The summed E-state index contributed by atoms with van der Waals surface area (Å²) in [5.41, 5.74) is -1.54. The highest BCUT2D eigenvalue weighted by Crippen LogP contribution is 2.44. The number of nitrogens with zero attached hydrogens (tertiary/aromatic N) is 4. The first-order valence-corrected chi connectivity index (χ1v) is 18.5. The molecule has 2 atom stereocenters. The van der Waals surface area contributed by atoms with Gasteiger partial charge in [0, 0.05) is 30.1 Å². The van der Waals surface area contributed by atoms with Crippen LogP contribution < -0.4 is 10.9 Å². The van der Waals surface area contributed by atoms with Crippen molar-refractivity contribution in [2.24, 2.45) is 5.92 Å². The third-order valence-corrected chi connectivity index (χ3v) is 12.1. The van der Waals surface area contributed by atoms with Gasteiger partial charge in [-0.3, -0.25) is 9.36 Å². The minimum absolute atomic E-state index is 0.0108. The van der Waals surface area contributed by atoms with Crippen LogP contribution in [0.4, 0.5) is 23.4 Å². The Labute approximate surface area is 272 Å². The molecule has 2 aromatic heterocycles. The molecule has 0 aliphatic carbocycles. The number of piperidine rings is 1. The number of aromatic nitrogens is 3. The summed E-state index contributed by atoms with van der Waals surface area (Å²) in [4.78, 5) is 24.7. The third-order valence-electron chi connectivity index (χ3n) is 10.3. The van der Waals surface area contributed by atoms with Crippen LogP contribution in [0.5, 0.6) is 0 Å². The van der Waals surface area contributed by atoms with Crippen LogP contribution in [-0.4, -0.2) is 64.7 Å². The molecule has 2 saturated heterocycles. The number of sulfone groups is 1. The van der Waals surface area contributed by atoms with E-state index in [1.165, 1.54) is 18.5 Å². The van der Waals surface area contributed by atoms with Crippen LogP contribution >= 0.6 is 0 Å². The molecular formula is C34H43F4N5O3S. The average Bonchev–Trinajstić information content (AvgIpc) is 3.01. The van der Waals surface area contributed by atoms with E-state index >= 15 is 17.6 Å². The highest BCUT2D eigenvalue weighted by atomic mass is 32.2. The fraction of sp³-hybridized carbons (Fsp3) is 0.618. The van der Waals surface area contributed by atoms with Crippen molar-refractivity contribution in [2.75, 3.05) is 36.5 Å². The second-order valence-electron chi connectivity index (χ2n) is 13.9. The lowest BCUT2D eigenvalue weighted by Gasteiger charge is -2.38. The second-order valence-corrected chi connectivity index (χ2v) is 16.2. The molecule has 6 heterocycles. The van der Waals surface area contributed by atoms with Crippen LogP contribution in [0.1, 0.15) is 93.9 Å². The Morgan fingerprint density at radius 1 is 0.957 bits per heavy atom. The van der Waals surface area contributed by atoms with E-state index in [2.05, 4.69) is 15.3 Å². The summed E-state index contributed by atoms with van der Waals surface area (Å²) in [6, 6.07) is 4.97. The normalized spacial score (nSPS) is 28.9. The molecule has 4 aliphatic rings. The number of rotatable bonds is 1. The van der Waals surface area contributed by atoms with Crippen LogP contribution in [0, 0.1) is 11.7 Å². The number of aryl methyl sites for hydroxylation is 1. The summed E-state index contributed by atoms with van der Waals surface area (Å²) in [6.45, 7) is 4.30. The SMILES string of the molecule is C[C@H]1Nc2ncnc3c2cc(C2CCS(=O)(=O)CC2)c(=O)n3CCCCCC(C)(F)CN2CCC(CC2)C(F)(F)c2cccc1c2F. The lowest BCUT2D eigenvalue weighted by Crippen LogP contribution is -2.45. The number of nitrogens with one attached hydrogen (secondary N) is 1. The number of benzene rings is 1. The first kappa shape index (κ1) is 33.8. The van der Waals surface area contributed by atoms with Crippen LogP contribution in [0.25, 0.3) is 11.0 Å². The Balaban J connectivity index is 1.42. The molecule has 0 amide bonds. The van der Waals surface area contributed by atoms with Gasteiger partial charge in [-0.25, -0.2) is 35.9 Å². The molecule has 2 fully saturated rings. The molecule has 7 rings (SSSR count). The maximum absolute atomic E-state index is 16.0. The average molecular weight is 678 g/mol. The lowest BCUT2D eigenvalue weighted by molar-refractivity contribution is -0.0906. The largest absolute Gasteiger partial charge is 0.363 e. The van der Waals surface area contributed by atoms with Crippen LogP contribution in [0.15, 0.2) is 35.4 Å². The zero-order chi connectivity index (χ0) is 33.6. The van der Waals surface area contributed by atoms with Crippen molar-refractivity contribution in [2.45, 2.75) is 95.3 Å². The van der Waals surface area contributed by atoms with Gasteiger partial charge in [-0.1, -0.05) is 31.0 Å². The maximum Gasteiger partial charge on any atom is 0.278 e. The van der Waals surface area contributed by atoms with Crippen molar-refractivity contribution in [1.29, 1.82) is 0 Å². The molecule has 0 radical (unpaired) electrons. The van der Waals surface area contributed by atoms with Gasteiger partial charge in [-0.15, -0.1) is 0 Å². The summed E-state index contributed by atoms with van der Waals surface area (Å²) < 4.78 is 89.4. The van der Waals surface area contributed by atoms with Gasteiger partial charge >= 0.3 is 0 Å². The molecule has 8 bridgehead atoms. The van der Waals surface area contributed by atoms with E-state index in [1.54, 1.807) is 24.5 Å². The van der Waals surface area contributed by atoms with Crippen LogP contribution in [0.3, 0.4) is 0 Å². The fourth-order valence-electron chi connectivity index (χ4n) is 7.60. The number of hydrogen-bond donors (Lipinski definition) is 1. The quantitative estimate of drug-likeness (QED) is 0.294. The summed E-state index contributed by atoms with van der Waals surface area (Å²) in [5, 5.41) is 3.69. The topological polar surface area (TPSA) is 97.2 Å². The highest BCUT2D eigenvalue weighted by molar-refractivity contribution is 7.91. The molecule has 1 N–H and O–H groups in total. The van der Waals surface area contributed by atoms with E-state index < -0.39 is 44.8 Å². The molecule has 13 heteroatoms.